The number of nitrogens with zero attached hydrogens (tertiary/aromatic N) is 2. The number of ether oxygens (including phenoxy) is 1. The minimum Gasteiger partial charge on any atom is -0.484 e. The van der Waals surface area contributed by atoms with Crippen molar-refractivity contribution in [3.63, 3.8) is 0 Å². The van der Waals surface area contributed by atoms with Crippen molar-refractivity contribution in [2.75, 3.05) is 32.8 Å². The molecule has 1 aromatic carbocycles. The summed E-state index contributed by atoms with van der Waals surface area (Å²) in [5.41, 5.74) is 1.90. The van der Waals surface area contributed by atoms with Crippen LogP contribution in [0.2, 0.25) is 0 Å². The predicted octanol–water partition coefficient (Wildman–Crippen LogP) is 2.26. The van der Waals surface area contributed by atoms with Crippen molar-refractivity contribution >= 4 is 35.0 Å². The Morgan fingerprint density at radius 1 is 0.938 bits per heavy atom. The normalized spacial score (nSPS) is 22.3. The Morgan fingerprint density at radius 3 is 2.48 bits per heavy atom. The van der Waals surface area contributed by atoms with Crippen molar-refractivity contribution in [3.8, 4) is 5.75 Å². The van der Waals surface area contributed by atoms with Crippen LogP contribution < -0.4 is 26.0 Å². The van der Waals surface area contributed by atoms with Crippen LogP contribution in [0.1, 0.15) is 80.4 Å². The van der Waals surface area contributed by atoms with E-state index in [1.165, 1.54) is 30.3 Å². The molecule has 0 saturated carbocycles. The van der Waals surface area contributed by atoms with E-state index in [1.807, 2.05) is 13.8 Å². The van der Waals surface area contributed by atoms with E-state index in [-0.39, 0.29) is 30.8 Å². The average Bonchev–Trinajstić information content (AvgIpc) is 3.45. The molecular weight excluding hydrogens is 632 g/mol. The fraction of sp³-hybridized carbons (Fsp3) is 0.629. The number of rotatable bonds is 5. The Balaban J connectivity index is 1.45. The summed E-state index contributed by atoms with van der Waals surface area (Å²) < 4.78 is 5.72. The van der Waals surface area contributed by atoms with E-state index in [2.05, 4.69) is 26.2 Å². The average molecular weight is 685 g/mol. The molecule has 0 fully saturated rings. The Bertz CT molecular complexity index is 1360. The highest BCUT2D eigenvalue weighted by Gasteiger charge is 2.30. The number of amides is 4. The van der Waals surface area contributed by atoms with Crippen LogP contribution in [0.3, 0.4) is 0 Å². The number of aliphatic hydroxyl groups excluding tert-OH is 1. The Kier molecular flexibility index (Phi) is 14.6. The maximum atomic E-state index is 13.3. The smallest absolute Gasteiger partial charge is 0.257 e. The van der Waals surface area contributed by atoms with Crippen LogP contribution in [0.4, 0.5) is 0 Å². The Hall–Kier alpha value is -3.55. The fourth-order valence-electron chi connectivity index (χ4n) is 5.98. The second-order valence-corrected chi connectivity index (χ2v) is 14.4. The van der Waals surface area contributed by atoms with E-state index in [4.69, 9.17) is 9.72 Å². The molecule has 0 unspecified atom stereocenters. The molecule has 4 rings (SSSR count). The fourth-order valence-corrected chi connectivity index (χ4v) is 7.18. The van der Waals surface area contributed by atoms with Gasteiger partial charge in [0.2, 0.25) is 17.7 Å². The van der Waals surface area contributed by atoms with E-state index in [0.29, 0.717) is 37.2 Å². The van der Waals surface area contributed by atoms with Crippen LogP contribution >= 0.6 is 11.3 Å². The van der Waals surface area contributed by atoms with E-state index in [1.54, 1.807) is 35.6 Å². The highest BCUT2D eigenvalue weighted by atomic mass is 32.1. The summed E-state index contributed by atoms with van der Waals surface area (Å²) in [6, 6.07) is 4.89. The first-order chi connectivity index (χ1) is 23.1. The SMILES string of the molecule is CC(C)C[C@H]1NC(=O)Cc2cccc(c2)OCC(=O)NCCCN(Cc2nc3c(s2)CCCC3)CCCCNC(=O)[C@H]([C@@H](C)O)NC1=O. The number of carbonyl (C=O) groups is 4. The van der Waals surface area contributed by atoms with Gasteiger partial charge in [-0.25, -0.2) is 4.98 Å². The van der Waals surface area contributed by atoms with Crippen molar-refractivity contribution in [2.24, 2.45) is 5.92 Å². The van der Waals surface area contributed by atoms with Gasteiger partial charge < -0.3 is 31.1 Å². The molecule has 0 saturated heterocycles. The molecule has 1 aromatic heterocycles. The lowest BCUT2D eigenvalue weighted by molar-refractivity contribution is -0.134. The summed E-state index contributed by atoms with van der Waals surface area (Å²) in [5.74, 6) is -1.06. The quantitative estimate of drug-likeness (QED) is 0.321. The standard InChI is InChI=1S/C35H52N6O6S/c1-23(2)18-28-34(45)40-33(24(3)42)35(46)37-14-6-7-16-41(21-32-39-27-12-4-5-13-29(27)48-32)17-9-15-36-31(44)22-47-26-11-8-10-25(19-26)20-30(43)38-28/h8,10-11,19,23-24,28,33,42H,4-7,9,12-18,20-22H2,1-3H3,(H,36,44)(H,37,46)(H,38,43)(H,40,45)/t24-,28-,33+/m1/s1. The Morgan fingerprint density at radius 2 is 1.71 bits per heavy atom. The molecule has 4 amide bonds. The molecular formula is C35H52N6O6S. The summed E-state index contributed by atoms with van der Waals surface area (Å²) in [7, 11) is 0. The summed E-state index contributed by atoms with van der Waals surface area (Å²) in [5, 5.41) is 22.8. The molecule has 5 N–H and O–H groups in total. The number of fused-ring (bicyclic) bond motifs is 3. The number of thiazole rings is 1. The van der Waals surface area contributed by atoms with Gasteiger partial charge in [0.25, 0.3) is 5.91 Å². The van der Waals surface area contributed by atoms with Gasteiger partial charge in [-0.1, -0.05) is 26.0 Å². The van der Waals surface area contributed by atoms with Gasteiger partial charge in [-0.2, -0.15) is 0 Å². The van der Waals surface area contributed by atoms with Crippen molar-refractivity contribution in [1.82, 2.24) is 31.2 Å². The van der Waals surface area contributed by atoms with Crippen molar-refractivity contribution in [3.05, 3.63) is 45.4 Å². The first-order valence-electron chi connectivity index (χ1n) is 17.3. The summed E-state index contributed by atoms with van der Waals surface area (Å²) in [6.07, 6.45) is 6.04. The van der Waals surface area contributed by atoms with Crippen LogP contribution in [0.15, 0.2) is 24.3 Å². The predicted molar refractivity (Wildman–Crippen MR) is 185 cm³/mol. The minimum atomic E-state index is -1.16. The van der Waals surface area contributed by atoms with Gasteiger partial charge in [0.15, 0.2) is 6.61 Å². The first kappa shape index (κ1) is 37.3. The van der Waals surface area contributed by atoms with Gasteiger partial charge in [0.1, 0.15) is 22.8 Å². The van der Waals surface area contributed by atoms with Crippen LogP contribution in [-0.2, 0) is 45.0 Å². The van der Waals surface area contributed by atoms with Crippen LogP contribution in [-0.4, -0.2) is 89.6 Å². The maximum absolute atomic E-state index is 13.3. The third-order valence-electron chi connectivity index (χ3n) is 8.48. The van der Waals surface area contributed by atoms with Crippen LogP contribution in [0.5, 0.6) is 5.75 Å². The molecule has 264 valence electrons. The van der Waals surface area contributed by atoms with Gasteiger partial charge in [0, 0.05) is 24.5 Å². The van der Waals surface area contributed by atoms with Gasteiger partial charge in [-0.15, -0.1) is 11.3 Å². The van der Waals surface area contributed by atoms with Gasteiger partial charge >= 0.3 is 0 Å². The van der Waals surface area contributed by atoms with Crippen LogP contribution in [0.25, 0.3) is 0 Å². The molecule has 48 heavy (non-hydrogen) atoms. The third-order valence-corrected chi connectivity index (χ3v) is 9.62. The van der Waals surface area contributed by atoms with Crippen molar-refractivity contribution in [2.45, 2.75) is 103 Å². The number of hydrogen-bond acceptors (Lipinski definition) is 9. The Labute approximate surface area is 287 Å². The zero-order valence-corrected chi connectivity index (χ0v) is 29.3. The molecule has 0 spiro atoms. The molecule has 3 atom stereocenters. The second kappa shape index (κ2) is 18.8. The number of aliphatic hydroxyl groups is 1. The highest BCUT2D eigenvalue weighted by molar-refractivity contribution is 7.11. The summed E-state index contributed by atoms with van der Waals surface area (Å²) in [6.45, 7) is 8.39. The van der Waals surface area contributed by atoms with E-state index in [0.717, 1.165) is 50.3 Å². The molecule has 0 radical (unpaired) electrons. The van der Waals surface area contributed by atoms with Gasteiger partial charge in [-0.3, -0.25) is 24.1 Å². The lowest BCUT2D eigenvalue weighted by Gasteiger charge is -2.26. The van der Waals surface area contributed by atoms with Crippen molar-refractivity contribution < 1.29 is 29.0 Å². The zero-order chi connectivity index (χ0) is 34.5. The van der Waals surface area contributed by atoms with E-state index < -0.39 is 30.0 Å². The second-order valence-electron chi connectivity index (χ2n) is 13.3. The number of carbonyl (C=O) groups excluding carboxylic acids is 4. The number of nitrogens with one attached hydrogen (secondary N) is 4. The minimum absolute atomic E-state index is 0.00823. The molecule has 1 aliphatic heterocycles. The molecule has 13 heteroatoms. The zero-order valence-electron chi connectivity index (χ0n) is 28.5. The third kappa shape index (κ3) is 12.2. The van der Waals surface area contributed by atoms with E-state index in [9.17, 15) is 24.3 Å². The van der Waals surface area contributed by atoms with E-state index >= 15 is 0 Å². The number of benzene rings is 1. The number of aromatic nitrogens is 1. The molecule has 2 heterocycles. The topological polar surface area (TPSA) is 162 Å². The molecule has 12 nitrogen and oxygen atoms in total. The van der Waals surface area contributed by atoms with Gasteiger partial charge in [0.05, 0.1) is 24.8 Å². The number of hydrogen-bond donors (Lipinski definition) is 5. The lowest BCUT2D eigenvalue weighted by atomic mass is 10.0. The van der Waals surface area contributed by atoms with Gasteiger partial charge in [-0.05, 0) is 88.4 Å². The molecule has 2 aliphatic rings. The molecule has 1 aliphatic carbocycles. The maximum Gasteiger partial charge on any atom is 0.257 e. The summed E-state index contributed by atoms with van der Waals surface area (Å²) in [4.78, 5) is 60.7. The molecule has 2 bridgehead atoms. The lowest BCUT2D eigenvalue weighted by Crippen LogP contribution is -2.57. The van der Waals surface area contributed by atoms with Crippen molar-refractivity contribution in [1.29, 1.82) is 0 Å². The van der Waals surface area contributed by atoms with Crippen LogP contribution in [0, 0.1) is 5.92 Å². The number of aryl methyl sites for hydroxylation is 2. The molecule has 2 aromatic rings. The monoisotopic (exact) mass is 684 g/mol. The first-order valence-corrected chi connectivity index (χ1v) is 18.1. The largest absolute Gasteiger partial charge is 0.484 e. The highest BCUT2D eigenvalue weighted by Crippen LogP contribution is 2.27. The summed E-state index contributed by atoms with van der Waals surface area (Å²) >= 11 is 1.81.